The molecule has 124 valence electrons. The van der Waals surface area contributed by atoms with Gasteiger partial charge in [-0.1, -0.05) is 30.3 Å². The molecule has 0 saturated carbocycles. The molecule has 0 aliphatic heterocycles. The predicted octanol–water partition coefficient (Wildman–Crippen LogP) is 2.48. The molecule has 0 spiro atoms. The Labute approximate surface area is 140 Å². The summed E-state index contributed by atoms with van der Waals surface area (Å²) in [7, 11) is 0. The Balaban J connectivity index is 1.43. The maximum atomic E-state index is 12.2. The SMILES string of the molecule is Nc1ccc2[nH]nc(C(=O)NCCCOCc3ccccc3)c2c1. The van der Waals surface area contributed by atoms with Gasteiger partial charge in [-0.05, 0) is 30.2 Å². The second kappa shape index (κ2) is 7.61. The van der Waals surface area contributed by atoms with Crippen LogP contribution in [0.4, 0.5) is 5.69 Å². The Morgan fingerprint density at radius 1 is 1.21 bits per heavy atom. The van der Waals surface area contributed by atoms with E-state index in [1.54, 1.807) is 12.1 Å². The Morgan fingerprint density at radius 2 is 2.04 bits per heavy atom. The minimum absolute atomic E-state index is 0.213. The zero-order chi connectivity index (χ0) is 16.8. The number of ether oxygens (including phenoxy) is 1. The number of nitrogens with zero attached hydrogens (tertiary/aromatic N) is 1. The van der Waals surface area contributed by atoms with E-state index in [1.165, 1.54) is 0 Å². The summed E-state index contributed by atoms with van der Waals surface area (Å²) in [6, 6.07) is 15.3. The largest absolute Gasteiger partial charge is 0.399 e. The van der Waals surface area contributed by atoms with Crippen molar-refractivity contribution in [3.63, 3.8) is 0 Å². The molecule has 3 aromatic rings. The van der Waals surface area contributed by atoms with Gasteiger partial charge in [0, 0.05) is 24.2 Å². The molecule has 2 aromatic carbocycles. The fourth-order valence-corrected chi connectivity index (χ4v) is 2.43. The number of anilines is 1. The first-order valence-electron chi connectivity index (χ1n) is 7.87. The molecule has 4 N–H and O–H groups in total. The number of benzene rings is 2. The lowest BCUT2D eigenvalue weighted by Gasteiger charge is -2.06. The van der Waals surface area contributed by atoms with Gasteiger partial charge in [-0.3, -0.25) is 9.89 Å². The number of carbonyl (C=O) groups excluding carboxylic acids is 1. The summed E-state index contributed by atoms with van der Waals surface area (Å²) in [5, 5.41) is 10.5. The van der Waals surface area contributed by atoms with Crippen LogP contribution in [0.15, 0.2) is 48.5 Å². The molecule has 0 fully saturated rings. The first kappa shape index (κ1) is 16.0. The summed E-state index contributed by atoms with van der Waals surface area (Å²) in [6.45, 7) is 1.70. The molecule has 0 atom stereocenters. The Morgan fingerprint density at radius 3 is 2.88 bits per heavy atom. The van der Waals surface area contributed by atoms with E-state index in [0.29, 0.717) is 31.1 Å². The summed E-state index contributed by atoms with van der Waals surface area (Å²) in [5.41, 5.74) is 8.67. The highest BCUT2D eigenvalue weighted by Gasteiger charge is 2.13. The number of hydrogen-bond donors (Lipinski definition) is 3. The Bertz CT molecular complexity index is 814. The van der Waals surface area contributed by atoms with Gasteiger partial charge in [-0.25, -0.2) is 0 Å². The van der Waals surface area contributed by atoms with Crippen molar-refractivity contribution in [1.29, 1.82) is 0 Å². The van der Waals surface area contributed by atoms with E-state index in [4.69, 9.17) is 10.5 Å². The van der Waals surface area contributed by atoms with Gasteiger partial charge in [-0.15, -0.1) is 0 Å². The van der Waals surface area contributed by atoms with Gasteiger partial charge >= 0.3 is 0 Å². The second-order valence-electron chi connectivity index (χ2n) is 5.52. The van der Waals surface area contributed by atoms with E-state index in [0.717, 1.165) is 22.9 Å². The molecule has 0 saturated heterocycles. The van der Waals surface area contributed by atoms with Crippen LogP contribution >= 0.6 is 0 Å². The smallest absolute Gasteiger partial charge is 0.272 e. The average Bonchev–Trinajstić information content (AvgIpc) is 3.01. The third kappa shape index (κ3) is 3.91. The number of fused-ring (bicyclic) bond motifs is 1. The molecule has 6 nitrogen and oxygen atoms in total. The van der Waals surface area contributed by atoms with Gasteiger partial charge < -0.3 is 15.8 Å². The van der Waals surface area contributed by atoms with Crippen molar-refractivity contribution in [3.8, 4) is 0 Å². The maximum Gasteiger partial charge on any atom is 0.272 e. The first-order chi connectivity index (χ1) is 11.7. The van der Waals surface area contributed by atoms with Crippen LogP contribution < -0.4 is 11.1 Å². The summed E-state index contributed by atoms with van der Waals surface area (Å²) >= 11 is 0. The number of carbonyl (C=O) groups is 1. The van der Waals surface area contributed by atoms with Crippen molar-refractivity contribution < 1.29 is 9.53 Å². The number of amides is 1. The number of nitrogen functional groups attached to an aromatic ring is 1. The van der Waals surface area contributed by atoms with Crippen LogP contribution in [0.25, 0.3) is 10.9 Å². The van der Waals surface area contributed by atoms with Crippen molar-refractivity contribution in [3.05, 3.63) is 59.8 Å². The van der Waals surface area contributed by atoms with Crippen LogP contribution in [0, 0.1) is 0 Å². The number of nitrogens with one attached hydrogen (secondary N) is 2. The number of rotatable bonds is 7. The summed E-state index contributed by atoms with van der Waals surface area (Å²) in [5.74, 6) is -0.213. The fourth-order valence-electron chi connectivity index (χ4n) is 2.43. The van der Waals surface area contributed by atoms with Gasteiger partial charge in [0.2, 0.25) is 0 Å². The second-order valence-corrected chi connectivity index (χ2v) is 5.52. The highest BCUT2D eigenvalue weighted by atomic mass is 16.5. The van der Waals surface area contributed by atoms with Crippen molar-refractivity contribution in [2.45, 2.75) is 13.0 Å². The van der Waals surface area contributed by atoms with Crippen LogP contribution in [0.1, 0.15) is 22.5 Å². The highest BCUT2D eigenvalue weighted by Crippen LogP contribution is 2.18. The van der Waals surface area contributed by atoms with E-state index < -0.39 is 0 Å². The Kier molecular flexibility index (Phi) is 5.08. The topological polar surface area (TPSA) is 93.0 Å². The summed E-state index contributed by atoms with van der Waals surface area (Å²) in [4.78, 5) is 12.2. The summed E-state index contributed by atoms with van der Waals surface area (Å²) < 4.78 is 5.59. The molecule has 0 aliphatic carbocycles. The van der Waals surface area contributed by atoms with E-state index in [-0.39, 0.29) is 5.91 Å². The van der Waals surface area contributed by atoms with Crippen LogP contribution in [-0.4, -0.2) is 29.3 Å². The van der Waals surface area contributed by atoms with Crippen LogP contribution in [0.2, 0.25) is 0 Å². The van der Waals surface area contributed by atoms with Gasteiger partial charge in [0.25, 0.3) is 5.91 Å². The maximum absolute atomic E-state index is 12.2. The predicted molar refractivity (Wildman–Crippen MR) is 93.6 cm³/mol. The molecule has 3 rings (SSSR count). The molecule has 0 unspecified atom stereocenters. The minimum Gasteiger partial charge on any atom is -0.399 e. The molecule has 1 amide bonds. The van der Waals surface area contributed by atoms with E-state index in [9.17, 15) is 4.79 Å². The molecule has 6 heteroatoms. The van der Waals surface area contributed by atoms with Gasteiger partial charge in [0.15, 0.2) is 5.69 Å². The van der Waals surface area contributed by atoms with Crippen molar-refractivity contribution in [2.75, 3.05) is 18.9 Å². The number of aromatic amines is 1. The molecule has 1 aromatic heterocycles. The van der Waals surface area contributed by atoms with Gasteiger partial charge in [-0.2, -0.15) is 5.10 Å². The number of hydrogen-bond acceptors (Lipinski definition) is 4. The fraction of sp³-hybridized carbons (Fsp3) is 0.222. The third-order valence-electron chi connectivity index (χ3n) is 3.66. The molecule has 0 bridgehead atoms. The number of aromatic nitrogens is 2. The number of H-pyrrole nitrogens is 1. The third-order valence-corrected chi connectivity index (χ3v) is 3.66. The monoisotopic (exact) mass is 324 g/mol. The van der Waals surface area contributed by atoms with Crippen LogP contribution in [0.5, 0.6) is 0 Å². The molecular formula is C18H20N4O2. The molecular weight excluding hydrogens is 304 g/mol. The highest BCUT2D eigenvalue weighted by molar-refractivity contribution is 6.05. The van der Waals surface area contributed by atoms with Gasteiger partial charge in [0.1, 0.15) is 0 Å². The van der Waals surface area contributed by atoms with Crippen molar-refractivity contribution >= 4 is 22.5 Å². The normalized spacial score (nSPS) is 10.8. The minimum atomic E-state index is -0.213. The van der Waals surface area contributed by atoms with Gasteiger partial charge in [0.05, 0.1) is 12.1 Å². The van der Waals surface area contributed by atoms with Crippen molar-refractivity contribution in [2.24, 2.45) is 0 Å². The van der Waals surface area contributed by atoms with E-state index in [1.807, 2.05) is 36.4 Å². The first-order valence-corrected chi connectivity index (χ1v) is 7.87. The molecule has 24 heavy (non-hydrogen) atoms. The van der Waals surface area contributed by atoms with Crippen LogP contribution in [0.3, 0.4) is 0 Å². The lowest BCUT2D eigenvalue weighted by Crippen LogP contribution is -2.25. The lowest BCUT2D eigenvalue weighted by atomic mass is 10.2. The zero-order valence-corrected chi connectivity index (χ0v) is 13.3. The number of nitrogens with two attached hydrogens (primary N) is 1. The van der Waals surface area contributed by atoms with E-state index in [2.05, 4.69) is 15.5 Å². The summed E-state index contributed by atoms with van der Waals surface area (Å²) in [6.07, 6.45) is 0.739. The molecule has 1 heterocycles. The molecule has 0 radical (unpaired) electrons. The lowest BCUT2D eigenvalue weighted by molar-refractivity contribution is 0.0931. The standard InChI is InChI=1S/C18H20N4O2/c19-14-7-8-16-15(11-14)17(22-21-16)18(23)20-9-4-10-24-12-13-5-2-1-3-6-13/h1-3,5-8,11H,4,9-10,12,19H2,(H,20,23)(H,21,22). The Hall–Kier alpha value is -2.86. The zero-order valence-electron chi connectivity index (χ0n) is 13.3. The molecule has 0 aliphatic rings. The van der Waals surface area contributed by atoms with Crippen LogP contribution in [-0.2, 0) is 11.3 Å². The quantitative estimate of drug-likeness (QED) is 0.460. The van der Waals surface area contributed by atoms with E-state index >= 15 is 0 Å². The average molecular weight is 324 g/mol. The van der Waals surface area contributed by atoms with Crippen molar-refractivity contribution in [1.82, 2.24) is 15.5 Å².